The van der Waals surface area contributed by atoms with Crippen molar-refractivity contribution in [2.45, 2.75) is 13.5 Å². The first-order valence-electron chi connectivity index (χ1n) is 5.47. The maximum absolute atomic E-state index is 6.21. The molecule has 0 spiro atoms. The smallest absolute Gasteiger partial charge is 0.0593 e. The molecular weight excluding hydrogens is 288 g/mol. The van der Waals surface area contributed by atoms with Crippen LogP contribution in [0.15, 0.2) is 22.7 Å². The molecule has 0 amide bonds. The SMILES string of the molecule is CCNCCN(C)Cc1cccc(Br)c1Cl. The molecule has 0 aliphatic rings. The van der Waals surface area contributed by atoms with E-state index in [0.717, 1.165) is 41.2 Å². The van der Waals surface area contributed by atoms with Crippen LogP contribution in [0.4, 0.5) is 0 Å². The van der Waals surface area contributed by atoms with Crippen molar-refractivity contribution in [2.24, 2.45) is 0 Å². The van der Waals surface area contributed by atoms with Gasteiger partial charge < -0.3 is 10.2 Å². The largest absolute Gasteiger partial charge is 0.316 e. The third kappa shape index (κ3) is 4.42. The summed E-state index contributed by atoms with van der Waals surface area (Å²) in [5, 5.41) is 4.12. The minimum absolute atomic E-state index is 0.817. The van der Waals surface area contributed by atoms with Gasteiger partial charge >= 0.3 is 0 Å². The first-order valence-corrected chi connectivity index (χ1v) is 6.64. The van der Waals surface area contributed by atoms with Crippen molar-refractivity contribution in [3.63, 3.8) is 0 Å². The van der Waals surface area contributed by atoms with Gasteiger partial charge in [0.05, 0.1) is 5.02 Å². The highest BCUT2D eigenvalue weighted by Gasteiger charge is 2.06. The van der Waals surface area contributed by atoms with E-state index in [0.29, 0.717) is 0 Å². The second-order valence-corrected chi connectivity index (χ2v) is 5.04. The first kappa shape index (κ1) is 14.0. The molecule has 16 heavy (non-hydrogen) atoms. The Morgan fingerprint density at radius 3 is 2.88 bits per heavy atom. The van der Waals surface area contributed by atoms with Gasteiger partial charge in [-0.05, 0) is 41.2 Å². The highest BCUT2D eigenvalue weighted by Crippen LogP contribution is 2.26. The van der Waals surface area contributed by atoms with Gasteiger partial charge in [-0.2, -0.15) is 0 Å². The van der Waals surface area contributed by atoms with Crippen molar-refractivity contribution < 1.29 is 0 Å². The second kappa shape index (κ2) is 7.28. The van der Waals surface area contributed by atoms with Crippen LogP contribution < -0.4 is 5.32 Å². The molecule has 1 aromatic rings. The van der Waals surface area contributed by atoms with Crippen LogP contribution in [0.5, 0.6) is 0 Å². The summed E-state index contributed by atoms with van der Waals surface area (Å²) in [5.74, 6) is 0. The number of halogens is 2. The van der Waals surface area contributed by atoms with Crippen LogP contribution >= 0.6 is 27.5 Å². The van der Waals surface area contributed by atoms with Crippen LogP contribution in [-0.2, 0) is 6.54 Å². The maximum Gasteiger partial charge on any atom is 0.0593 e. The summed E-state index contributed by atoms with van der Waals surface area (Å²) in [4.78, 5) is 2.26. The van der Waals surface area contributed by atoms with Crippen molar-refractivity contribution in [2.75, 3.05) is 26.7 Å². The predicted octanol–water partition coefficient (Wildman–Crippen LogP) is 3.14. The van der Waals surface area contributed by atoms with Gasteiger partial charge in [0.2, 0.25) is 0 Å². The lowest BCUT2D eigenvalue weighted by Crippen LogP contribution is -2.28. The quantitative estimate of drug-likeness (QED) is 0.812. The predicted molar refractivity (Wildman–Crippen MR) is 74.0 cm³/mol. The summed E-state index contributed by atoms with van der Waals surface area (Å²) >= 11 is 9.65. The minimum atomic E-state index is 0.817. The van der Waals surface area contributed by atoms with Crippen LogP contribution in [0.2, 0.25) is 5.02 Å². The molecule has 1 rings (SSSR count). The molecule has 0 heterocycles. The Bertz CT molecular complexity index is 331. The Hall–Kier alpha value is -0.0900. The highest BCUT2D eigenvalue weighted by molar-refractivity contribution is 9.10. The van der Waals surface area contributed by atoms with Crippen LogP contribution in [-0.4, -0.2) is 31.6 Å². The average Bonchev–Trinajstić information content (AvgIpc) is 2.25. The van der Waals surface area contributed by atoms with E-state index in [4.69, 9.17) is 11.6 Å². The van der Waals surface area contributed by atoms with E-state index in [1.54, 1.807) is 0 Å². The van der Waals surface area contributed by atoms with Gasteiger partial charge in [0.1, 0.15) is 0 Å². The molecule has 0 saturated carbocycles. The molecular formula is C12H18BrClN2. The Morgan fingerprint density at radius 2 is 2.19 bits per heavy atom. The molecule has 0 saturated heterocycles. The number of benzene rings is 1. The number of likely N-dealkylation sites (N-methyl/N-ethyl adjacent to an activating group) is 2. The third-order valence-electron chi connectivity index (χ3n) is 2.39. The van der Waals surface area contributed by atoms with Crippen molar-refractivity contribution in [3.8, 4) is 0 Å². The summed E-state index contributed by atoms with van der Waals surface area (Å²) in [6.45, 7) is 6.05. The van der Waals surface area contributed by atoms with Gasteiger partial charge in [-0.1, -0.05) is 30.7 Å². The van der Waals surface area contributed by atoms with E-state index in [1.807, 2.05) is 12.1 Å². The highest BCUT2D eigenvalue weighted by atomic mass is 79.9. The number of hydrogen-bond donors (Lipinski definition) is 1. The zero-order valence-corrected chi connectivity index (χ0v) is 12.1. The molecule has 0 radical (unpaired) electrons. The summed E-state index contributed by atoms with van der Waals surface area (Å²) in [5.41, 5.74) is 1.16. The fourth-order valence-corrected chi connectivity index (χ4v) is 2.08. The molecule has 1 N–H and O–H groups in total. The molecule has 0 unspecified atom stereocenters. The van der Waals surface area contributed by atoms with Crippen LogP contribution in [0, 0.1) is 0 Å². The standard InChI is InChI=1S/C12H18BrClN2/c1-3-15-7-8-16(2)9-10-5-4-6-11(13)12(10)14/h4-6,15H,3,7-9H2,1-2H3. The molecule has 0 atom stereocenters. The Labute approximate surface area is 111 Å². The van der Waals surface area contributed by atoms with E-state index in [-0.39, 0.29) is 0 Å². The van der Waals surface area contributed by atoms with E-state index in [2.05, 4.69) is 46.2 Å². The van der Waals surface area contributed by atoms with Crippen LogP contribution in [0.3, 0.4) is 0 Å². The average molecular weight is 306 g/mol. The van der Waals surface area contributed by atoms with E-state index in [9.17, 15) is 0 Å². The van der Waals surface area contributed by atoms with Crippen molar-refractivity contribution in [3.05, 3.63) is 33.3 Å². The van der Waals surface area contributed by atoms with Crippen molar-refractivity contribution >= 4 is 27.5 Å². The molecule has 4 heteroatoms. The summed E-state index contributed by atoms with van der Waals surface area (Å²) in [6, 6.07) is 6.05. The third-order valence-corrected chi connectivity index (χ3v) is 3.73. The normalized spacial score (nSPS) is 11.1. The van der Waals surface area contributed by atoms with E-state index in [1.165, 1.54) is 0 Å². The topological polar surface area (TPSA) is 15.3 Å². The van der Waals surface area contributed by atoms with Gasteiger partial charge in [-0.25, -0.2) is 0 Å². The monoisotopic (exact) mass is 304 g/mol. The summed E-state index contributed by atoms with van der Waals surface area (Å²) < 4.78 is 0.965. The molecule has 0 fully saturated rings. The fourth-order valence-electron chi connectivity index (χ4n) is 1.49. The molecule has 0 aromatic heterocycles. The molecule has 1 aromatic carbocycles. The zero-order valence-electron chi connectivity index (χ0n) is 9.76. The Balaban J connectivity index is 2.49. The molecule has 0 aliphatic carbocycles. The molecule has 2 nitrogen and oxygen atoms in total. The van der Waals surface area contributed by atoms with Crippen LogP contribution in [0.1, 0.15) is 12.5 Å². The Morgan fingerprint density at radius 1 is 1.44 bits per heavy atom. The summed E-state index contributed by atoms with van der Waals surface area (Å²) in [7, 11) is 2.11. The number of rotatable bonds is 6. The van der Waals surface area contributed by atoms with Gasteiger partial charge in [0.15, 0.2) is 0 Å². The first-order chi connectivity index (χ1) is 7.65. The van der Waals surface area contributed by atoms with E-state index < -0.39 is 0 Å². The lowest BCUT2D eigenvalue weighted by Gasteiger charge is -2.17. The lowest BCUT2D eigenvalue weighted by molar-refractivity contribution is 0.325. The lowest BCUT2D eigenvalue weighted by atomic mass is 10.2. The minimum Gasteiger partial charge on any atom is -0.316 e. The molecule has 0 bridgehead atoms. The summed E-state index contributed by atoms with van der Waals surface area (Å²) in [6.07, 6.45) is 0. The second-order valence-electron chi connectivity index (χ2n) is 3.80. The zero-order chi connectivity index (χ0) is 12.0. The van der Waals surface area contributed by atoms with Crippen LogP contribution in [0.25, 0.3) is 0 Å². The molecule has 0 aliphatic heterocycles. The van der Waals surface area contributed by atoms with Gasteiger partial charge in [-0.15, -0.1) is 0 Å². The van der Waals surface area contributed by atoms with Gasteiger partial charge in [0.25, 0.3) is 0 Å². The van der Waals surface area contributed by atoms with Crippen molar-refractivity contribution in [1.82, 2.24) is 10.2 Å². The fraction of sp³-hybridized carbons (Fsp3) is 0.500. The number of nitrogens with one attached hydrogen (secondary N) is 1. The Kier molecular flexibility index (Phi) is 6.36. The van der Waals surface area contributed by atoms with Gasteiger partial charge in [-0.3, -0.25) is 0 Å². The maximum atomic E-state index is 6.21. The van der Waals surface area contributed by atoms with Gasteiger partial charge in [0, 0.05) is 24.1 Å². The number of nitrogens with zero attached hydrogens (tertiary/aromatic N) is 1. The number of hydrogen-bond acceptors (Lipinski definition) is 2. The van der Waals surface area contributed by atoms with Crippen molar-refractivity contribution in [1.29, 1.82) is 0 Å². The molecule has 90 valence electrons. The van der Waals surface area contributed by atoms with E-state index >= 15 is 0 Å².